The first-order valence-electron chi connectivity index (χ1n) is 8.40. The van der Waals surface area contributed by atoms with Gasteiger partial charge in [-0.1, -0.05) is 35.9 Å². The van der Waals surface area contributed by atoms with Crippen LogP contribution in [-0.4, -0.2) is 30.7 Å². The van der Waals surface area contributed by atoms with E-state index >= 15 is 0 Å². The minimum Gasteiger partial charge on any atom is -0.354 e. The van der Waals surface area contributed by atoms with E-state index in [-0.39, 0.29) is 17.4 Å². The monoisotopic (exact) mass is 374 g/mol. The zero-order valence-electron chi connectivity index (χ0n) is 15.0. The van der Waals surface area contributed by atoms with Crippen molar-refractivity contribution >= 4 is 23.6 Å². The van der Waals surface area contributed by atoms with Crippen LogP contribution in [0.1, 0.15) is 27.0 Å². The minimum atomic E-state index is -0.406. The number of rotatable bonds is 8. The molecule has 0 radical (unpaired) electrons. The smallest absolute Gasteiger partial charge is 0.251 e. The zero-order valence-corrected chi connectivity index (χ0v) is 15.8. The molecular formula is C20H23FN2O2S. The van der Waals surface area contributed by atoms with Crippen molar-refractivity contribution in [3.05, 3.63) is 70.5 Å². The summed E-state index contributed by atoms with van der Waals surface area (Å²) in [6, 6.07) is 12.6. The number of carbonyl (C=O) groups excluding carboxylic acids is 2. The highest BCUT2D eigenvalue weighted by molar-refractivity contribution is 7.99. The van der Waals surface area contributed by atoms with Crippen LogP contribution in [0.25, 0.3) is 0 Å². The quantitative estimate of drug-likeness (QED) is 0.698. The number of hydrogen-bond acceptors (Lipinski definition) is 3. The summed E-state index contributed by atoms with van der Waals surface area (Å²) in [6.45, 7) is 4.31. The number of nitrogens with one attached hydrogen (secondary N) is 2. The summed E-state index contributed by atoms with van der Waals surface area (Å²) in [4.78, 5) is 23.7. The lowest BCUT2D eigenvalue weighted by atomic mass is 10.1. The summed E-state index contributed by atoms with van der Waals surface area (Å²) >= 11 is 1.54. The molecule has 0 saturated heterocycles. The molecule has 0 atom stereocenters. The van der Waals surface area contributed by atoms with Crippen LogP contribution in [0.4, 0.5) is 4.39 Å². The van der Waals surface area contributed by atoms with Gasteiger partial charge in [-0.05, 0) is 37.1 Å². The minimum absolute atomic E-state index is 0.0715. The fraction of sp³-hybridized carbons (Fsp3) is 0.300. The number of benzene rings is 2. The highest BCUT2D eigenvalue weighted by Crippen LogP contribution is 2.12. The molecule has 2 rings (SSSR count). The van der Waals surface area contributed by atoms with Gasteiger partial charge in [0.15, 0.2) is 0 Å². The molecule has 0 aromatic heterocycles. The summed E-state index contributed by atoms with van der Waals surface area (Å²) in [5.74, 6) is 0.315. The average Bonchev–Trinajstić information content (AvgIpc) is 2.62. The van der Waals surface area contributed by atoms with Crippen molar-refractivity contribution in [1.29, 1.82) is 0 Å². The number of halogens is 1. The van der Waals surface area contributed by atoms with Gasteiger partial charge in [0.05, 0.1) is 5.75 Å². The van der Waals surface area contributed by atoms with Gasteiger partial charge in [0.2, 0.25) is 5.91 Å². The first kappa shape index (κ1) is 20.0. The Hall–Kier alpha value is -2.34. The van der Waals surface area contributed by atoms with Gasteiger partial charge in [0.1, 0.15) is 5.82 Å². The maximum atomic E-state index is 13.5. The first-order chi connectivity index (χ1) is 12.5. The number of thioether (sulfide) groups is 1. The molecule has 26 heavy (non-hydrogen) atoms. The molecule has 2 amide bonds. The highest BCUT2D eigenvalue weighted by atomic mass is 32.2. The topological polar surface area (TPSA) is 58.2 Å². The van der Waals surface area contributed by atoms with Gasteiger partial charge in [-0.2, -0.15) is 0 Å². The second kappa shape index (κ2) is 9.97. The molecule has 0 heterocycles. The van der Waals surface area contributed by atoms with Crippen molar-refractivity contribution < 1.29 is 14.0 Å². The first-order valence-corrected chi connectivity index (χ1v) is 9.55. The van der Waals surface area contributed by atoms with Crippen LogP contribution < -0.4 is 10.6 Å². The molecule has 0 aliphatic rings. The summed E-state index contributed by atoms with van der Waals surface area (Å²) in [5.41, 5.74) is 3.17. The molecule has 2 aromatic rings. The van der Waals surface area contributed by atoms with Crippen molar-refractivity contribution in [2.45, 2.75) is 19.6 Å². The van der Waals surface area contributed by atoms with Gasteiger partial charge in [-0.25, -0.2) is 4.39 Å². The number of carbonyl (C=O) groups is 2. The summed E-state index contributed by atoms with van der Waals surface area (Å²) < 4.78 is 13.5. The zero-order chi connectivity index (χ0) is 18.9. The Morgan fingerprint density at radius 1 is 1.00 bits per heavy atom. The molecule has 138 valence electrons. The second-order valence-corrected chi connectivity index (χ2v) is 7.03. The van der Waals surface area contributed by atoms with Crippen LogP contribution in [0.15, 0.2) is 42.5 Å². The predicted octanol–water partition coefficient (Wildman–Crippen LogP) is 3.22. The third-order valence-corrected chi connectivity index (χ3v) is 4.79. The molecule has 0 unspecified atom stereocenters. The van der Waals surface area contributed by atoms with Crippen molar-refractivity contribution in [3.8, 4) is 0 Å². The molecule has 0 aliphatic carbocycles. The molecule has 0 aliphatic heterocycles. The van der Waals surface area contributed by atoms with E-state index in [1.807, 2.05) is 6.92 Å². The second-order valence-electron chi connectivity index (χ2n) is 6.05. The summed E-state index contributed by atoms with van der Waals surface area (Å²) in [6.07, 6.45) is 0. The Morgan fingerprint density at radius 2 is 1.69 bits per heavy atom. The van der Waals surface area contributed by atoms with Crippen LogP contribution in [0.2, 0.25) is 0 Å². The molecule has 0 spiro atoms. The summed E-state index contributed by atoms with van der Waals surface area (Å²) in [5, 5.41) is 5.42. The fourth-order valence-corrected chi connectivity index (χ4v) is 3.03. The van der Waals surface area contributed by atoms with Crippen LogP contribution in [-0.2, 0) is 10.5 Å². The highest BCUT2D eigenvalue weighted by Gasteiger charge is 2.08. The molecule has 0 bridgehead atoms. The Kier molecular flexibility index (Phi) is 7.66. The van der Waals surface area contributed by atoms with Crippen molar-refractivity contribution in [2.75, 3.05) is 18.8 Å². The van der Waals surface area contributed by atoms with Gasteiger partial charge in [-0.15, -0.1) is 11.8 Å². The van der Waals surface area contributed by atoms with E-state index in [1.54, 1.807) is 30.8 Å². The lowest BCUT2D eigenvalue weighted by Crippen LogP contribution is -2.35. The lowest BCUT2D eigenvalue weighted by molar-refractivity contribution is -0.118. The van der Waals surface area contributed by atoms with Crippen molar-refractivity contribution in [2.24, 2.45) is 0 Å². The molecule has 0 fully saturated rings. The lowest BCUT2D eigenvalue weighted by Gasteiger charge is -2.08. The van der Waals surface area contributed by atoms with E-state index in [0.717, 1.165) is 5.75 Å². The standard InChI is InChI=1S/C20H23FN2O2S/c1-14-3-6-16(7-4-14)12-26-13-19(24)22-9-10-23-20(25)17-8-5-15(2)18(21)11-17/h3-8,11H,9-10,12-13H2,1-2H3,(H,22,24)(H,23,25). The average molecular weight is 374 g/mol. The molecule has 2 N–H and O–H groups in total. The Morgan fingerprint density at radius 3 is 2.38 bits per heavy atom. The molecule has 2 aromatic carbocycles. The van der Waals surface area contributed by atoms with E-state index in [9.17, 15) is 14.0 Å². The van der Waals surface area contributed by atoms with Crippen LogP contribution in [0.3, 0.4) is 0 Å². The molecular weight excluding hydrogens is 351 g/mol. The third kappa shape index (κ3) is 6.52. The predicted molar refractivity (Wildman–Crippen MR) is 104 cm³/mol. The van der Waals surface area contributed by atoms with E-state index in [4.69, 9.17) is 0 Å². The number of aryl methyl sites for hydroxylation is 2. The molecule has 4 nitrogen and oxygen atoms in total. The largest absolute Gasteiger partial charge is 0.354 e. The maximum Gasteiger partial charge on any atom is 0.251 e. The van der Waals surface area contributed by atoms with Crippen molar-refractivity contribution in [1.82, 2.24) is 10.6 Å². The normalized spacial score (nSPS) is 10.4. The third-order valence-electron chi connectivity index (χ3n) is 3.79. The number of amides is 2. The fourth-order valence-electron chi connectivity index (χ4n) is 2.21. The van der Waals surface area contributed by atoms with Gasteiger partial charge in [0, 0.05) is 24.4 Å². The molecule has 0 saturated carbocycles. The Labute approximate surface area is 157 Å². The SMILES string of the molecule is Cc1ccc(CSCC(=O)NCCNC(=O)c2ccc(C)c(F)c2)cc1. The van der Waals surface area contributed by atoms with E-state index in [2.05, 4.69) is 34.9 Å². The van der Waals surface area contributed by atoms with Crippen LogP contribution in [0.5, 0.6) is 0 Å². The van der Waals surface area contributed by atoms with E-state index < -0.39 is 5.82 Å². The van der Waals surface area contributed by atoms with E-state index in [1.165, 1.54) is 17.2 Å². The van der Waals surface area contributed by atoms with E-state index in [0.29, 0.717) is 24.4 Å². The van der Waals surface area contributed by atoms with Gasteiger partial charge >= 0.3 is 0 Å². The number of hydrogen-bond donors (Lipinski definition) is 2. The van der Waals surface area contributed by atoms with Gasteiger partial charge in [-0.3, -0.25) is 9.59 Å². The van der Waals surface area contributed by atoms with Gasteiger partial charge in [0.25, 0.3) is 5.91 Å². The molecule has 6 heteroatoms. The summed E-state index contributed by atoms with van der Waals surface area (Å²) in [7, 11) is 0. The van der Waals surface area contributed by atoms with Crippen LogP contribution >= 0.6 is 11.8 Å². The van der Waals surface area contributed by atoms with Gasteiger partial charge < -0.3 is 10.6 Å². The maximum absolute atomic E-state index is 13.5. The van der Waals surface area contributed by atoms with Crippen molar-refractivity contribution in [3.63, 3.8) is 0 Å². The van der Waals surface area contributed by atoms with Crippen LogP contribution in [0, 0.1) is 19.7 Å². The Balaban J connectivity index is 1.61. The Bertz CT molecular complexity index is 763.